The lowest BCUT2D eigenvalue weighted by Crippen LogP contribution is -2.47. The highest BCUT2D eigenvalue weighted by Gasteiger charge is 2.21. The number of nitrogens with one attached hydrogen (secondary N) is 3. The van der Waals surface area contributed by atoms with Gasteiger partial charge in [0.05, 0.1) is 0 Å². The predicted octanol–water partition coefficient (Wildman–Crippen LogP) is 0.212. The molecule has 0 aliphatic heterocycles. The summed E-state index contributed by atoms with van der Waals surface area (Å²) in [6.45, 7) is 8.45. The van der Waals surface area contributed by atoms with E-state index in [1.165, 1.54) is 6.92 Å². The molecule has 1 heterocycles. The molecule has 0 aromatic carbocycles. The molecule has 0 radical (unpaired) electrons. The number of anilines is 1. The first-order valence-electron chi connectivity index (χ1n) is 6.47. The maximum atomic E-state index is 11.1. The lowest BCUT2D eigenvalue weighted by Gasteiger charge is -2.29. The smallest absolute Gasteiger partial charge is 0.239 e. The van der Waals surface area contributed by atoms with Crippen LogP contribution in [0.5, 0.6) is 0 Å². The molecule has 108 valence electrons. The van der Waals surface area contributed by atoms with Gasteiger partial charge in [-0.2, -0.15) is 4.98 Å². The molecule has 0 aliphatic rings. The maximum absolute atomic E-state index is 11.1. The molecule has 1 amide bonds. The minimum atomic E-state index is -0.213. The number of amides is 1. The number of aromatic nitrogens is 3. The van der Waals surface area contributed by atoms with Crippen LogP contribution in [-0.2, 0) is 11.2 Å². The lowest BCUT2D eigenvalue weighted by molar-refractivity contribution is -0.120. The van der Waals surface area contributed by atoms with Crippen molar-refractivity contribution in [2.24, 2.45) is 0 Å². The maximum Gasteiger partial charge on any atom is 0.239 e. The van der Waals surface area contributed by atoms with Crippen LogP contribution < -0.4 is 16.4 Å². The van der Waals surface area contributed by atoms with Gasteiger partial charge in [-0.3, -0.25) is 9.89 Å². The second-order valence-electron chi connectivity index (χ2n) is 5.51. The fourth-order valence-corrected chi connectivity index (χ4v) is 2.22. The Morgan fingerprint density at radius 1 is 1.53 bits per heavy atom. The zero-order chi connectivity index (χ0) is 14.5. The quantitative estimate of drug-likeness (QED) is 0.565. The molecule has 7 heteroatoms. The number of nitrogens with zero attached hydrogens (tertiary/aromatic N) is 2. The summed E-state index contributed by atoms with van der Waals surface area (Å²) in [6, 6.07) is 0.294. The molecule has 1 aromatic rings. The Balaban J connectivity index is 2.27. The van der Waals surface area contributed by atoms with Crippen LogP contribution in [0.1, 0.15) is 39.9 Å². The summed E-state index contributed by atoms with van der Waals surface area (Å²) in [4.78, 5) is 15.1. The standard InChI is InChI=1S/C12H24N6O/c1-8(7-12(3,4)16-9(2)19)14-6-5-10-15-11(13)18-17-10/h8,14H,5-7H2,1-4H3,(H,16,19)(H3,13,15,17,18). The number of rotatable bonds is 7. The van der Waals surface area contributed by atoms with Crippen LogP contribution in [0.25, 0.3) is 0 Å². The number of nitrogen functional groups attached to an aromatic ring is 1. The Morgan fingerprint density at radius 3 is 2.74 bits per heavy atom. The van der Waals surface area contributed by atoms with Crippen molar-refractivity contribution in [2.75, 3.05) is 12.3 Å². The number of aromatic amines is 1. The summed E-state index contributed by atoms with van der Waals surface area (Å²) in [6.07, 6.45) is 1.60. The summed E-state index contributed by atoms with van der Waals surface area (Å²) in [5.74, 6) is 1.04. The van der Waals surface area contributed by atoms with E-state index >= 15 is 0 Å². The van der Waals surface area contributed by atoms with Crippen molar-refractivity contribution in [1.82, 2.24) is 25.8 Å². The van der Waals surface area contributed by atoms with Gasteiger partial charge in [0.25, 0.3) is 0 Å². The second-order valence-corrected chi connectivity index (χ2v) is 5.51. The Labute approximate surface area is 113 Å². The van der Waals surface area contributed by atoms with Gasteiger partial charge in [0.15, 0.2) is 0 Å². The van der Waals surface area contributed by atoms with Crippen molar-refractivity contribution in [3.05, 3.63) is 5.82 Å². The molecule has 19 heavy (non-hydrogen) atoms. The van der Waals surface area contributed by atoms with Crippen molar-refractivity contribution in [2.45, 2.75) is 52.1 Å². The summed E-state index contributed by atoms with van der Waals surface area (Å²) >= 11 is 0. The third-order valence-electron chi connectivity index (χ3n) is 2.73. The van der Waals surface area contributed by atoms with Crippen LogP contribution in [0.2, 0.25) is 0 Å². The molecular formula is C12H24N6O. The van der Waals surface area contributed by atoms with Gasteiger partial charge in [0, 0.05) is 31.5 Å². The number of nitrogens with two attached hydrogens (primary N) is 1. The van der Waals surface area contributed by atoms with Crippen LogP contribution >= 0.6 is 0 Å². The Morgan fingerprint density at radius 2 is 2.21 bits per heavy atom. The summed E-state index contributed by atoms with van der Waals surface area (Å²) in [5.41, 5.74) is 5.21. The molecule has 0 aliphatic carbocycles. The summed E-state index contributed by atoms with van der Waals surface area (Å²) in [5, 5.41) is 12.9. The normalized spacial score (nSPS) is 13.3. The molecule has 1 unspecified atom stereocenters. The van der Waals surface area contributed by atoms with Gasteiger partial charge in [0.1, 0.15) is 5.82 Å². The minimum Gasteiger partial charge on any atom is -0.367 e. The Kier molecular flexibility index (Phi) is 5.29. The molecular weight excluding hydrogens is 244 g/mol. The molecule has 1 atom stereocenters. The van der Waals surface area contributed by atoms with Crippen molar-refractivity contribution >= 4 is 11.9 Å². The van der Waals surface area contributed by atoms with Crippen molar-refractivity contribution in [3.63, 3.8) is 0 Å². The van der Waals surface area contributed by atoms with Crippen LogP contribution in [0.3, 0.4) is 0 Å². The van der Waals surface area contributed by atoms with Crippen LogP contribution in [0, 0.1) is 0 Å². The summed E-state index contributed by atoms with van der Waals surface area (Å²) < 4.78 is 0. The van der Waals surface area contributed by atoms with E-state index in [-0.39, 0.29) is 17.4 Å². The number of hydrogen-bond acceptors (Lipinski definition) is 5. The van der Waals surface area contributed by atoms with E-state index in [0.717, 1.165) is 25.2 Å². The van der Waals surface area contributed by atoms with Gasteiger partial charge in [-0.05, 0) is 27.2 Å². The van der Waals surface area contributed by atoms with Gasteiger partial charge in [-0.1, -0.05) is 0 Å². The lowest BCUT2D eigenvalue weighted by atomic mass is 9.96. The van der Waals surface area contributed by atoms with Crippen LogP contribution in [-0.4, -0.2) is 39.2 Å². The van der Waals surface area contributed by atoms with Gasteiger partial charge in [0.2, 0.25) is 11.9 Å². The van der Waals surface area contributed by atoms with Crippen LogP contribution in [0.4, 0.5) is 5.95 Å². The van der Waals surface area contributed by atoms with Gasteiger partial charge < -0.3 is 16.4 Å². The first kappa shape index (κ1) is 15.4. The van der Waals surface area contributed by atoms with E-state index in [1.807, 2.05) is 13.8 Å². The largest absolute Gasteiger partial charge is 0.367 e. The highest BCUT2D eigenvalue weighted by atomic mass is 16.1. The highest BCUT2D eigenvalue weighted by molar-refractivity contribution is 5.73. The third kappa shape index (κ3) is 6.19. The van der Waals surface area contributed by atoms with Gasteiger partial charge in [-0.15, -0.1) is 5.10 Å². The van der Waals surface area contributed by atoms with Crippen LogP contribution in [0.15, 0.2) is 0 Å². The number of carbonyl (C=O) groups excluding carboxylic acids is 1. The Bertz CT molecular complexity index is 414. The van der Waals surface area contributed by atoms with E-state index in [0.29, 0.717) is 6.04 Å². The topological polar surface area (TPSA) is 109 Å². The second kappa shape index (κ2) is 6.51. The number of H-pyrrole nitrogens is 1. The SMILES string of the molecule is CC(=O)NC(C)(C)CC(C)NCCc1nc(N)n[nH]1. The average Bonchev–Trinajstić information content (AvgIpc) is 2.61. The molecule has 0 saturated carbocycles. The van der Waals surface area contributed by atoms with E-state index in [1.54, 1.807) is 0 Å². The fraction of sp³-hybridized carbons (Fsp3) is 0.750. The van der Waals surface area contributed by atoms with Crippen molar-refractivity contribution in [1.29, 1.82) is 0 Å². The third-order valence-corrected chi connectivity index (χ3v) is 2.73. The molecule has 0 spiro atoms. The molecule has 0 saturated heterocycles. The monoisotopic (exact) mass is 268 g/mol. The average molecular weight is 268 g/mol. The zero-order valence-electron chi connectivity index (χ0n) is 12.1. The fourth-order valence-electron chi connectivity index (χ4n) is 2.22. The number of carbonyl (C=O) groups is 1. The molecule has 7 nitrogen and oxygen atoms in total. The first-order chi connectivity index (χ1) is 8.78. The van der Waals surface area contributed by atoms with Crippen molar-refractivity contribution < 1.29 is 4.79 Å². The van der Waals surface area contributed by atoms with E-state index in [4.69, 9.17) is 5.73 Å². The molecule has 0 fully saturated rings. The van der Waals surface area contributed by atoms with E-state index in [2.05, 4.69) is 32.7 Å². The summed E-state index contributed by atoms with van der Waals surface area (Å²) in [7, 11) is 0. The zero-order valence-corrected chi connectivity index (χ0v) is 12.1. The molecule has 1 rings (SSSR count). The van der Waals surface area contributed by atoms with E-state index < -0.39 is 0 Å². The first-order valence-corrected chi connectivity index (χ1v) is 6.47. The molecule has 0 bridgehead atoms. The number of hydrogen-bond donors (Lipinski definition) is 4. The molecule has 1 aromatic heterocycles. The Hall–Kier alpha value is -1.63. The van der Waals surface area contributed by atoms with Crippen molar-refractivity contribution in [3.8, 4) is 0 Å². The van der Waals surface area contributed by atoms with E-state index in [9.17, 15) is 4.79 Å². The molecule has 5 N–H and O–H groups in total. The predicted molar refractivity (Wildman–Crippen MR) is 74.5 cm³/mol. The minimum absolute atomic E-state index is 0.00525. The van der Waals surface area contributed by atoms with Gasteiger partial charge in [-0.25, -0.2) is 0 Å². The highest BCUT2D eigenvalue weighted by Crippen LogP contribution is 2.11. The van der Waals surface area contributed by atoms with Gasteiger partial charge >= 0.3 is 0 Å².